The zero-order chi connectivity index (χ0) is 21.4. The lowest BCUT2D eigenvalue weighted by molar-refractivity contribution is -0.134. The topological polar surface area (TPSA) is 69.9 Å². The van der Waals surface area contributed by atoms with Gasteiger partial charge in [-0.25, -0.2) is 9.78 Å². The van der Waals surface area contributed by atoms with Crippen LogP contribution in [0.4, 0.5) is 0 Å². The number of para-hydroxylation sites is 1. The van der Waals surface area contributed by atoms with Crippen molar-refractivity contribution in [1.82, 2.24) is 19.7 Å². The first-order valence-corrected chi connectivity index (χ1v) is 10.3. The predicted octanol–water partition coefficient (Wildman–Crippen LogP) is 4.60. The largest absolute Gasteiger partial charge is 0.466 e. The number of pyridine rings is 2. The van der Waals surface area contributed by atoms with Crippen LogP contribution in [0.1, 0.15) is 23.5 Å². The van der Waals surface area contributed by atoms with E-state index in [4.69, 9.17) is 19.8 Å². The number of methoxy groups -OCH3 is 1. The van der Waals surface area contributed by atoms with Crippen LogP contribution in [-0.2, 0) is 22.5 Å². The lowest BCUT2D eigenvalue weighted by Gasteiger charge is -2.11. The molecule has 0 radical (unpaired) electrons. The van der Waals surface area contributed by atoms with E-state index in [0.29, 0.717) is 5.69 Å². The van der Waals surface area contributed by atoms with Crippen LogP contribution in [0.5, 0.6) is 0 Å². The average molecular weight is 410 g/mol. The third-order valence-corrected chi connectivity index (χ3v) is 5.57. The molecule has 6 heteroatoms. The fourth-order valence-electron chi connectivity index (χ4n) is 4.18. The summed E-state index contributed by atoms with van der Waals surface area (Å²) in [5.74, 6) is -0.410. The Morgan fingerprint density at radius 1 is 1.13 bits per heavy atom. The predicted molar refractivity (Wildman–Crippen MR) is 120 cm³/mol. The summed E-state index contributed by atoms with van der Waals surface area (Å²) in [5.41, 5.74) is 7.64. The second-order valence-electron chi connectivity index (χ2n) is 7.63. The van der Waals surface area contributed by atoms with E-state index in [1.807, 2.05) is 49.4 Å². The van der Waals surface area contributed by atoms with Crippen molar-refractivity contribution >= 4 is 22.9 Å². The Morgan fingerprint density at radius 2 is 2.00 bits per heavy atom. The van der Waals surface area contributed by atoms with E-state index in [9.17, 15) is 4.79 Å². The van der Waals surface area contributed by atoms with E-state index in [1.165, 1.54) is 18.9 Å². The molecule has 4 heterocycles. The number of benzene rings is 1. The molecular formula is C25H22N4O2. The van der Waals surface area contributed by atoms with Gasteiger partial charge in [-0.1, -0.05) is 24.3 Å². The molecule has 0 spiro atoms. The summed E-state index contributed by atoms with van der Waals surface area (Å²) in [6.45, 7) is 2.90. The van der Waals surface area contributed by atoms with E-state index in [2.05, 4.69) is 10.7 Å². The molecule has 0 saturated heterocycles. The highest BCUT2D eigenvalue weighted by Crippen LogP contribution is 2.40. The fourth-order valence-corrected chi connectivity index (χ4v) is 4.18. The van der Waals surface area contributed by atoms with Gasteiger partial charge in [0.05, 0.1) is 24.0 Å². The molecule has 0 N–H and O–H groups in total. The third kappa shape index (κ3) is 3.50. The summed E-state index contributed by atoms with van der Waals surface area (Å²) in [6, 6.07) is 16.1. The van der Waals surface area contributed by atoms with Crippen LogP contribution in [0.2, 0.25) is 0 Å². The number of aromatic nitrogens is 4. The third-order valence-electron chi connectivity index (χ3n) is 5.57. The Balaban J connectivity index is 1.78. The minimum atomic E-state index is -0.410. The summed E-state index contributed by atoms with van der Waals surface area (Å²) >= 11 is 0. The number of carbonyl (C=O) groups excluding carboxylic acids is 1. The molecule has 5 rings (SSSR count). The van der Waals surface area contributed by atoms with Crippen molar-refractivity contribution in [2.75, 3.05) is 7.11 Å². The number of fused-ring (bicyclic) bond motifs is 2. The number of rotatable bonds is 4. The number of hydrogen-bond acceptors (Lipinski definition) is 5. The van der Waals surface area contributed by atoms with Crippen LogP contribution >= 0.6 is 0 Å². The maximum atomic E-state index is 11.6. The molecule has 0 bridgehead atoms. The first-order chi connectivity index (χ1) is 15.1. The van der Waals surface area contributed by atoms with Crippen LogP contribution in [-0.4, -0.2) is 32.8 Å². The summed E-state index contributed by atoms with van der Waals surface area (Å²) in [4.78, 5) is 21.1. The molecule has 0 fully saturated rings. The minimum absolute atomic E-state index is 0.410. The SMILES string of the molecule is COC(=O)/C=C/c1cc(-c2c(-c3cccc(C)n3)nn3c2CCC3)c2ccccc2n1. The molecule has 1 aliphatic heterocycles. The maximum Gasteiger partial charge on any atom is 0.330 e. The Hall–Kier alpha value is -3.80. The van der Waals surface area contributed by atoms with Gasteiger partial charge < -0.3 is 4.74 Å². The van der Waals surface area contributed by atoms with Crippen molar-refractivity contribution in [3.63, 3.8) is 0 Å². The zero-order valence-electron chi connectivity index (χ0n) is 17.5. The quantitative estimate of drug-likeness (QED) is 0.363. The van der Waals surface area contributed by atoms with Gasteiger partial charge in [-0.2, -0.15) is 5.10 Å². The first kappa shape index (κ1) is 19.2. The molecule has 0 aliphatic carbocycles. The monoisotopic (exact) mass is 410 g/mol. The van der Waals surface area contributed by atoms with Gasteiger partial charge in [-0.15, -0.1) is 0 Å². The van der Waals surface area contributed by atoms with Crippen molar-refractivity contribution in [1.29, 1.82) is 0 Å². The molecule has 154 valence electrons. The van der Waals surface area contributed by atoms with Gasteiger partial charge in [0.25, 0.3) is 0 Å². The molecule has 1 aromatic carbocycles. The molecule has 0 amide bonds. The van der Waals surface area contributed by atoms with E-state index in [-0.39, 0.29) is 0 Å². The maximum absolute atomic E-state index is 11.6. The number of ether oxygens (including phenoxy) is 1. The molecule has 4 aromatic rings. The van der Waals surface area contributed by atoms with Crippen LogP contribution in [0.25, 0.3) is 39.5 Å². The van der Waals surface area contributed by atoms with Crippen LogP contribution in [0.15, 0.2) is 54.6 Å². The van der Waals surface area contributed by atoms with Crippen molar-refractivity contribution < 1.29 is 9.53 Å². The number of aryl methyl sites for hydroxylation is 2. The number of hydrogen-bond donors (Lipinski definition) is 0. The molecule has 6 nitrogen and oxygen atoms in total. The van der Waals surface area contributed by atoms with Crippen molar-refractivity contribution in [3.05, 3.63) is 71.7 Å². The highest BCUT2D eigenvalue weighted by Gasteiger charge is 2.26. The van der Waals surface area contributed by atoms with Crippen LogP contribution in [0.3, 0.4) is 0 Å². The average Bonchev–Trinajstić information content (AvgIpc) is 3.38. The highest BCUT2D eigenvalue weighted by atomic mass is 16.5. The molecule has 31 heavy (non-hydrogen) atoms. The van der Waals surface area contributed by atoms with Crippen molar-refractivity contribution in [2.24, 2.45) is 0 Å². The van der Waals surface area contributed by atoms with Crippen molar-refractivity contribution in [3.8, 4) is 22.5 Å². The number of nitrogens with zero attached hydrogens (tertiary/aromatic N) is 4. The lowest BCUT2D eigenvalue weighted by atomic mass is 9.95. The first-order valence-electron chi connectivity index (χ1n) is 10.3. The minimum Gasteiger partial charge on any atom is -0.466 e. The van der Waals surface area contributed by atoms with E-state index in [1.54, 1.807) is 6.08 Å². The Kier molecular flexibility index (Phi) is 4.82. The van der Waals surface area contributed by atoms with Gasteiger partial charge in [-0.05, 0) is 55.7 Å². The summed E-state index contributed by atoms with van der Waals surface area (Å²) in [5, 5.41) is 5.99. The molecule has 3 aromatic heterocycles. The smallest absolute Gasteiger partial charge is 0.330 e. The van der Waals surface area contributed by atoms with Gasteiger partial charge in [0, 0.05) is 35.0 Å². The molecule has 0 atom stereocenters. The lowest BCUT2D eigenvalue weighted by Crippen LogP contribution is -1.96. The normalized spacial score (nSPS) is 13.1. The van der Waals surface area contributed by atoms with E-state index < -0.39 is 5.97 Å². The van der Waals surface area contributed by atoms with E-state index >= 15 is 0 Å². The van der Waals surface area contributed by atoms with Crippen LogP contribution < -0.4 is 0 Å². The number of carbonyl (C=O) groups is 1. The number of esters is 1. The van der Waals surface area contributed by atoms with Crippen LogP contribution in [0, 0.1) is 6.92 Å². The molecular weight excluding hydrogens is 388 g/mol. The molecule has 0 saturated carbocycles. The summed E-state index contributed by atoms with van der Waals surface area (Å²) < 4.78 is 6.84. The van der Waals surface area contributed by atoms with Gasteiger partial charge >= 0.3 is 5.97 Å². The Morgan fingerprint density at radius 3 is 2.84 bits per heavy atom. The van der Waals surface area contributed by atoms with Gasteiger partial charge in [0.2, 0.25) is 0 Å². The second kappa shape index (κ2) is 7.80. The van der Waals surface area contributed by atoms with E-state index in [0.717, 1.165) is 58.5 Å². The molecule has 1 aliphatic rings. The fraction of sp³-hybridized carbons (Fsp3) is 0.200. The molecule has 0 unspecified atom stereocenters. The summed E-state index contributed by atoms with van der Waals surface area (Å²) in [7, 11) is 1.36. The van der Waals surface area contributed by atoms with Gasteiger partial charge in [-0.3, -0.25) is 9.67 Å². The Bertz CT molecular complexity index is 1340. The Labute approximate surface area is 180 Å². The zero-order valence-corrected chi connectivity index (χ0v) is 17.5. The standard InChI is InChI=1S/C25H22N4O2/c1-16-7-5-10-21(26-16)25-24(22-11-6-14-29(22)28-25)19-15-17(12-13-23(30)31-2)27-20-9-4-3-8-18(19)20/h3-5,7-10,12-13,15H,6,11,14H2,1-2H3/b13-12+. The summed E-state index contributed by atoms with van der Waals surface area (Å²) in [6.07, 6.45) is 5.13. The highest BCUT2D eigenvalue weighted by molar-refractivity contribution is 6.00. The second-order valence-corrected chi connectivity index (χ2v) is 7.63. The van der Waals surface area contributed by atoms with Gasteiger partial charge in [0.1, 0.15) is 5.69 Å². The van der Waals surface area contributed by atoms with Crippen molar-refractivity contribution in [2.45, 2.75) is 26.3 Å². The van der Waals surface area contributed by atoms with Gasteiger partial charge in [0.15, 0.2) is 0 Å².